The summed E-state index contributed by atoms with van der Waals surface area (Å²) in [7, 11) is 0. The van der Waals surface area contributed by atoms with Gasteiger partial charge >= 0.3 is 0 Å². The predicted molar refractivity (Wildman–Crippen MR) is 69.0 cm³/mol. The van der Waals surface area contributed by atoms with Crippen LogP contribution in [-0.4, -0.2) is 17.1 Å². The fourth-order valence-corrected chi connectivity index (χ4v) is 1.49. The molecule has 1 aliphatic carbocycles. The van der Waals surface area contributed by atoms with E-state index in [1.54, 1.807) is 0 Å². The number of pyridine rings is 1. The molecule has 0 unspecified atom stereocenters. The molecule has 2 rings (SSSR count). The van der Waals surface area contributed by atoms with E-state index < -0.39 is 0 Å². The molecule has 1 aliphatic rings. The third-order valence-electron chi connectivity index (χ3n) is 2.79. The van der Waals surface area contributed by atoms with E-state index in [9.17, 15) is 0 Å². The van der Waals surface area contributed by atoms with Crippen molar-refractivity contribution in [1.82, 2.24) is 10.3 Å². The van der Waals surface area contributed by atoms with Gasteiger partial charge in [-0.2, -0.15) is 0 Å². The Morgan fingerprint density at radius 3 is 2.82 bits per heavy atom. The minimum Gasteiger partial charge on any atom is -0.477 e. The second-order valence-corrected chi connectivity index (χ2v) is 5.86. The lowest BCUT2D eigenvalue weighted by molar-refractivity contribution is 0.288. The van der Waals surface area contributed by atoms with Crippen molar-refractivity contribution in [3.63, 3.8) is 0 Å². The second kappa shape index (κ2) is 5.05. The van der Waals surface area contributed by atoms with E-state index in [4.69, 9.17) is 4.74 Å². The smallest absolute Gasteiger partial charge is 0.213 e. The van der Waals surface area contributed by atoms with Crippen LogP contribution in [0.3, 0.4) is 0 Å². The Bertz CT molecular complexity index is 367. The van der Waals surface area contributed by atoms with Gasteiger partial charge in [-0.25, -0.2) is 4.98 Å². The maximum Gasteiger partial charge on any atom is 0.213 e. The molecule has 3 nitrogen and oxygen atoms in total. The largest absolute Gasteiger partial charge is 0.477 e. The summed E-state index contributed by atoms with van der Waals surface area (Å²) in [6.45, 7) is 8.17. The number of hydrogen-bond acceptors (Lipinski definition) is 3. The minimum atomic E-state index is 0.137. The lowest BCUT2D eigenvalue weighted by Crippen LogP contribution is -2.35. The average Bonchev–Trinajstić information content (AvgIpc) is 3.07. The van der Waals surface area contributed by atoms with Crippen molar-refractivity contribution in [3.05, 3.63) is 23.9 Å². The molecule has 3 heteroatoms. The first-order valence-electron chi connectivity index (χ1n) is 6.36. The quantitative estimate of drug-likeness (QED) is 0.850. The van der Waals surface area contributed by atoms with Crippen molar-refractivity contribution in [2.45, 2.75) is 45.7 Å². The van der Waals surface area contributed by atoms with Gasteiger partial charge in [-0.15, -0.1) is 0 Å². The fourth-order valence-electron chi connectivity index (χ4n) is 1.49. The van der Waals surface area contributed by atoms with Crippen LogP contribution in [0.1, 0.15) is 39.2 Å². The van der Waals surface area contributed by atoms with Gasteiger partial charge in [0.25, 0.3) is 0 Å². The summed E-state index contributed by atoms with van der Waals surface area (Å²) in [6, 6.07) is 4.06. The molecule has 0 atom stereocenters. The zero-order valence-electron chi connectivity index (χ0n) is 11.0. The summed E-state index contributed by atoms with van der Waals surface area (Å²) >= 11 is 0. The van der Waals surface area contributed by atoms with Crippen LogP contribution in [0.25, 0.3) is 0 Å². The van der Waals surface area contributed by atoms with Crippen molar-refractivity contribution in [3.8, 4) is 5.88 Å². The first-order chi connectivity index (χ1) is 8.03. The zero-order valence-corrected chi connectivity index (χ0v) is 11.0. The maximum absolute atomic E-state index is 5.66. The molecule has 0 saturated heterocycles. The molecule has 1 N–H and O–H groups in total. The molecule has 17 heavy (non-hydrogen) atoms. The Labute approximate surface area is 104 Å². The highest BCUT2D eigenvalue weighted by molar-refractivity contribution is 5.20. The van der Waals surface area contributed by atoms with Crippen LogP contribution in [0.15, 0.2) is 18.3 Å². The Morgan fingerprint density at radius 1 is 1.41 bits per heavy atom. The van der Waals surface area contributed by atoms with Crippen LogP contribution in [0, 0.1) is 5.92 Å². The summed E-state index contributed by atoms with van der Waals surface area (Å²) in [5.41, 5.74) is 1.36. The summed E-state index contributed by atoms with van der Waals surface area (Å²) in [6.07, 6.45) is 4.44. The zero-order chi connectivity index (χ0) is 12.3. The van der Waals surface area contributed by atoms with E-state index in [1.165, 1.54) is 18.4 Å². The van der Waals surface area contributed by atoms with E-state index in [2.05, 4.69) is 31.1 Å². The number of ether oxygens (including phenoxy) is 1. The van der Waals surface area contributed by atoms with Crippen molar-refractivity contribution in [1.29, 1.82) is 0 Å². The molecular formula is C14H22N2O. The van der Waals surface area contributed by atoms with Gasteiger partial charge in [0.1, 0.15) is 0 Å². The average molecular weight is 234 g/mol. The number of hydrogen-bond donors (Lipinski definition) is 1. The monoisotopic (exact) mass is 234 g/mol. The molecule has 0 aliphatic heterocycles. The molecular weight excluding hydrogens is 212 g/mol. The van der Waals surface area contributed by atoms with Gasteiger partial charge in [0, 0.05) is 24.3 Å². The highest BCUT2D eigenvalue weighted by atomic mass is 16.5. The minimum absolute atomic E-state index is 0.137. The van der Waals surface area contributed by atoms with Gasteiger partial charge in [0.15, 0.2) is 0 Å². The van der Waals surface area contributed by atoms with Gasteiger partial charge in [-0.1, -0.05) is 0 Å². The van der Waals surface area contributed by atoms with Crippen LogP contribution in [0.4, 0.5) is 0 Å². The molecule has 94 valence electrons. The summed E-state index contributed by atoms with van der Waals surface area (Å²) in [5.74, 6) is 1.53. The van der Waals surface area contributed by atoms with E-state index in [0.29, 0.717) is 0 Å². The highest BCUT2D eigenvalue weighted by Crippen LogP contribution is 2.29. The first-order valence-corrected chi connectivity index (χ1v) is 6.36. The molecule has 1 heterocycles. The topological polar surface area (TPSA) is 34.2 Å². The van der Waals surface area contributed by atoms with Crippen LogP contribution in [0.2, 0.25) is 0 Å². The van der Waals surface area contributed by atoms with Gasteiger partial charge in [-0.3, -0.25) is 0 Å². The number of nitrogens with one attached hydrogen (secondary N) is 1. The Hall–Kier alpha value is -1.09. The molecule has 0 aromatic carbocycles. The molecule has 1 fully saturated rings. The second-order valence-electron chi connectivity index (χ2n) is 5.86. The first kappa shape index (κ1) is 12.4. The van der Waals surface area contributed by atoms with E-state index in [0.717, 1.165) is 24.9 Å². The van der Waals surface area contributed by atoms with Gasteiger partial charge in [-0.05, 0) is 51.2 Å². The lowest BCUT2D eigenvalue weighted by atomic mass is 10.1. The number of rotatable bonds is 5. The number of aromatic nitrogens is 1. The maximum atomic E-state index is 5.66. The van der Waals surface area contributed by atoms with Crippen LogP contribution >= 0.6 is 0 Å². The summed E-state index contributed by atoms with van der Waals surface area (Å²) in [5, 5.41) is 3.46. The third-order valence-corrected chi connectivity index (χ3v) is 2.79. The Balaban J connectivity index is 1.86. The molecule has 0 spiro atoms. The van der Waals surface area contributed by atoms with Gasteiger partial charge in [0.2, 0.25) is 5.88 Å². The summed E-state index contributed by atoms with van der Waals surface area (Å²) < 4.78 is 5.66. The van der Waals surface area contributed by atoms with Crippen molar-refractivity contribution >= 4 is 0 Å². The molecule has 0 bridgehead atoms. The van der Waals surface area contributed by atoms with Crippen LogP contribution in [-0.2, 0) is 6.54 Å². The van der Waals surface area contributed by atoms with Crippen LogP contribution in [0.5, 0.6) is 5.88 Å². The Morgan fingerprint density at radius 2 is 2.18 bits per heavy atom. The molecule has 1 aromatic heterocycles. The molecule has 0 radical (unpaired) electrons. The van der Waals surface area contributed by atoms with Crippen molar-refractivity contribution in [2.75, 3.05) is 6.61 Å². The standard InChI is InChI=1S/C14H22N2O/c1-14(2,3)16-9-12-6-7-15-13(8-12)17-10-11-4-5-11/h6-8,11,16H,4-5,9-10H2,1-3H3. The van der Waals surface area contributed by atoms with Crippen LogP contribution < -0.4 is 10.1 Å². The number of nitrogens with zero attached hydrogens (tertiary/aromatic N) is 1. The van der Waals surface area contributed by atoms with Crippen molar-refractivity contribution < 1.29 is 4.74 Å². The van der Waals surface area contributed by atoms with E-state index in [1.807, 2.05) is 18.3 Å². The summed E-state index contributed by atoms with van der Waals surface area (Å²) in [4.78, 5) is 4.23. The lowest BCUT2D eigenvalue weighted by Gasteiger charge is -2.20. The normalized spacial score (nSPS) is 15.9. The molecule has 1 aromatic rings. The Kier molecular flexibility index (Phi) is 3.67. The SMILES string of the molecule is CC(C)(C)NCc1ccnc(OCC2CC2)c1. The predicted octanol–water partition coefficient (Wildman–Crippen LogP) is 2.76. The van der Waals surface area contributed by atoms with Gasteiger partial charge < -0.3 is 10.1 Å². The highest BCUT2D eigenvalue weighted by Gasteiger charge is 2.22. The fraction of sp³-hybridized carbons (Fsp3) is 0.643. The van der Waals surface area contributed by atoms with Crippen molar-refractivity contribution in [2.24, 2.45) is 5.92 Å². The molecule has 0 amide bonds. The van der Waals surface area contributed by atoms with E-state index in [-0.39, 0.29) is 5.54 Å². The molecule has 1 saturated carbocycles. The third kappa shape index (κ3) is 4.73. The van der Waals surface area contributed by atoms with Gasteiger partial charge in [0.05, 0.1) is 6.61 Å². The van der Waals surface area contributed by atoms with E-state index >= 15 is 0 Å².